The van der Waals surface area contributed by atoms with E-state index in [0.29, 0.717) is 6.54 Å². The second-order valence-electron chi connectivity index (χ2n) is 2.61. The number of hydrogen-bond acceptors (Lipinski definition) is 3. The van der Waals surface area contributed by atoms with Crippen molar-refractivity contribution in [2.45, 2.75) is 13.0 Å². The van der Waals surface area contributed by atoms with Crippen LogP contribution in [-0.2, 0) is 7.05 Å². The number of nitrogens with one attached hydrogen (secondary N) is 1. The molecule has 12 heavy (non-hydrogen) atoms. The number of terminal acetylenes is 1. The van der Waals surface area contributed by atoms with Crippen molar-refractivity contribution in [1.82, 2.24) is 20.1 Å². The largest absolute Gasteiger partial charge is 0.319 e. The molecule has 4 heteroatoms. The molecule has 0 aliphatic rings. The van der Waals surface area contributed by atoms with Crippen LogP contribution in [0.1, 0.15) is 18.8 Å². The minimum absolute atomic E-state index is 0.147. The van der Waals surface area contributed by atoms with Crippen molar-refractivity contribution in [3.05, 3.63) is 12.2 Å². The van der Waals surface area contributed by atoms with Gasteiger partial charge in [0, 0.05) is 7.05 Å². The van der Waals surface area contributed by atoms with Crippen LogP contribution in [0.2, 0.25) is 0 Å². The predicted octanol–water partition coefficient (Wildman–Crippen LogP) is 0.0989. The Morgan fingerprint density at radius 2 is 2.58 bits per heavy atom. The summed E-state index contributed by atoms with van der Waals surface area (Å²) in [5.74, 6) is 3.41. The molecule has 0 saturated heterocycles. The minimum atomic E-state index is 0.147. The van der Waals surface area contributed by atoms with Crippen molar-refractivity contribution in [2.75, 3.05) is 6.54 Å². The van der Waals surface area contributed by atoms with Crippen LogP contribution in [-0.4, -0.2) is 21.3 Å². The monoisotopic (exact) mass is 164 g/mol. The molecular weight excluding hydrogens is 152 g/mol. The Hall–Kier alpha value is -1.34. The molecule has 4 nitrogen and oxygen atoms in total. The van der Waals surface area contributed by atoms with Crippen LogP contribution in [0.3, 0.4) is 0 Å². The van der Waals surface area contributed by atoms with Gasteiger partial charge in [0.2, 0.25) is 0 Å². The maximum Gasteiger partial charge on any atom is 0.149 e. The van der Waals surface area contributed by atoms with E-state index < -0.39 is 0 Å². The molecule has 1 heterocycles. The Labute approximate surface area is 72.0 Å². The van der Waals surface area contributed by atoms with E-state index in [-0.39, 0.29) is 6.04 Å². The van der Waals surface area contributed by atoms with E-state index in [0.717, 1.165) is 5.82 Å². The molecule has 1 aromatic rings. The van der Waals surface area contributed by atoms with Crippen molar-refractivity contribution in [1.29, 1.82) is 0 Å². The first-order valence-electron chi connectivity index (χ1n) is 3.76. The quantitative estimate of drug-likeness (QED) is 0.644. The second-order valence-corrected chi connectivity index (χ2v) is 2.61. The number of aromatic nitrogens is 3. The van der Waals surface area contributed by atoms with Crippen LogP contribution in [0.5, 0.6) is 0 Å². The van der Waals surface area contributed by atoms with Crippen molar-refractivity contribution in [3.63, 3.8) is 0 Å². The van der Waals surface area contributed by atoms with E-state index in [9.17, 15) is 0 Å². The first-order chi connectivity index (χ1) is 5.75. The van der Waals surface area contributed by atoms with E-state index in [1.54, 1.807) is 6.33 Å². The number of rotatable bonds is 3. The van der Waals surface area contributed by atoms with Gasteiger partial charge in [0.25, 0.3) is 0 Å². The summed E-state index contributed by atoms with van der Waals surface area (Å²) in [6.45, 7) is 2.55. The molecule has 0 amide bonds. The van der Waals surface area contributed by atoms with Crippen LogP contribution in [0.25, 0.3) is 0 Å². The Bertz CT molecular complexity index is 283. The fourth-order valence-corrected chi connectivity index (χ4v) is 0.987. The van der Waals surface area contributed by atoms with Crippen LogP contribution in [0.15, 0.2) is 6.33 Å². The van der Waals surface area contributed by atoms with Gasteiger partial charge in [-0.3, -0.25) is 5.32 Å². The normalized spacial score (nSPS) is 12.4. The summed E-state index contributed by atoms with van der Waals surface area (Å²) in [7, 11) is 1.91. The molecule has 0 bridgehead atoms. The number of nitrogens with zero attached hydrogens (tertiary/aromatic N) is 3. The van der Waals surface area contributed by atoms with Crippen LogP contribution in [0, 0.1) is 12.3 Å². The van der Waals surface area contributed by atoms with Crippen LogP contribution >= 0.6 is 0 Å². The van der Waals surface area contributed by atoms with Gasteiger partial charge in [-0.2, -0.15) is 0 Å². The molecular formula is C8H12N4. The second kappa shape index (κ2) is 3.88. The fourth-order valence-electron chi connectivity index (χ4n) is 0.987. The zero-order valence-electron chi connectivity index (χ0n) is 7.28. The molecule has 1 unspecified atom stereocenters. The summed E-state index contributed by atoms with van der Waals surface area (Å²) in [6, 6.07) is 0.147. The standard InChI is InChI=1S/C8H12N4/c1-4-5-9-7(2)8-11-10-6-12(8)3/h1,6-7,9H,5H2,2-3H3. The van der Waals surface area contributed by atoms with Gasteiger partial charge in [-0.05, 0) is 6.92 Å². The number of aryl methyl sites for hydroxylation is 1. The molecule has 0 radical (unpaired) electrons. The van der Waals surface area contributed by atoms with E-state index in [2.05, 4.69) is 21.4 Å². The van der Waals surface area contributed by atoms with E-state index in [4.69, 9.17) is 6.42 Å². The zero-order chi connectivity index (χ0) is 8.97. The Kier molecular flexibility index (Phi) is 2.83. The Morgan fingerprint density at radius 1 is 1.83 bits per heavy atom. The highest BCUT2D eigenvalue weighted by molar-refractivity contribution is 4.95. The molecule has 1 rings (SSSR count). The van der Waals surface area contributed by atoms with Gasteiger partial charge in [-0.25, -0.2) is 0 Å². The van der Waals surface area contributed by atoms with Crippen molar-refractivity contribution in [3.8, 4) is 12.3 Å². The fraction of sp³-hybridized carbons (Fsp3) is 0.500. The molecule has 0 aromatic carbocycles. The molecule has 0 aliphatic heterocycles. The summed E-state index contributed by atoms with van der Waals surface area (Å²) in [6.07, 6.45) is 6.78. The van der Waals surface area contributed by atoms with E-state index in [1.165, 1.54) is 0 Å². The molecule has 0 aliphatic carbocycles. The average molecular weight is 164 g/mol. The lowest BCUT2D eigenvalue weighted by Crippen LogP contribution is -2.21. The first kappa shape index (κ1) is 8.75. The molecule has 0 saturated carbocycles. The van der Waals surface area contributed by atoms with Gasteiger partial charge >= 0.3 is 0 Å². The van der Waals surface area contributed by atoms with Crippen molar-refractivity contribution in [2.24, 2.45) is 7.05 Å². The molecule has 1 aromatic heterocycles. The maximum atomic E-state index is 5.11. The third-order valence-electron chi connectivity index (χ3n) is 1.64. The van der Waals surface area contributed by atoms with E-state index in [1.807, 2.05) is 18.5 Å². The summed E-state index contributed by atoms with van der Waals surface area (Å²) < 4.78 is 1.87. The molecule has 0 spiro atoms. The highest BCUT2D eigenvalue weighted by atomic mass is 15.3. The smallest absolute Gasteiger partial charge is 0.149 e. The average Bonchev–Trinajstić information content (AvgIpc) is 2.47. The lowest BCUT2D eigenvalue weighted by atomic mass is 10.3. The van der Waals surface area contributed by atoms with Crippen LogP contribution in [0.4, 0.5) is 0 Å². The summed E-state index contributed by atoms with van der Waals surface area (Å²) in [4.78, 5) is 0. The van der Waals surface area contributed by atoms with Gasteiger partial charge in [0.15, 0.2) is 0 Å². The molecule has 64 valence electrons. The summed E-state index contributed by atoms with van der Waals surface area (Å²) in [5.41, 5.74) is 0. The lowest BCUT2D eigenvalue weighted by molar-refractivity contribution is 0.563. The van der Waals surface area contributed by atoms with E-state index >= 15 is 0 Å². The third-order valence-corrected chi connectivity index (χ3v) is 1.64. The summed E-state index contributed by atoms with van der Waals surface area (Å²) >= 11 is 0. The van der Waals surface area contributed by atoms with Gasteiger partial charge in [-0.15, -0.1) is 16.6 Å². The van der Waals surface area contributed by atoms with Gasteiger partial charge in [0.1, 0.15) is 12.2 Å². The lowest BCUT2D eigenvalue weighted by Gasteiger charge is -2.09. The predicted molar refractivity (Wildman–Crippen MR) is 46.3 cm³/mol. The zero-order valence-corrected chi connectivity index (χ0v) is 7.28. The Morgan fingerprint density at radius 3 is 3.08 bits per heavy atom. The van der Waals surface area contributed by atoms with Crippen molar-refractivity contribution >= 4 is 0 Å². The van der Waals surface area contributed by atoms with Gasteiger partial charge < -0.3 is 4.57 Å². The maximum absolute atomic E-state index is 5.11. The highest BCUT2D eigenvalue weighted by Crippen LogP contribution is 2.05. The third kappa shape index (κ3) is 1.83. The minimum Gasteiger partial charge on any atom is -0.319 e. The van der Waals surface area contributed by atoms with Gasteiger partial charge in [-0.1, -0.05) is 5.92 Å². The van der Waals surface area contributed by atoms with Crippen LogP contribution < -0.4 is 5.32 Å². The first-order valence-corrected chi connectivity index (χ1v) is 3.76. The molecule has 1 N–H and O–H groups in total. The summed E-state index contributed by atoms with van der Waals surface area (Å²) in [5, 5.41) is 10.8. The SMILES string of the molecule is C#CCNC(C)c1nncn1C. The van der Waals surface area contributed by atoms with Crippen molar-refractivity contribution < 1.29 is 0 Å². The highest BCUT2D eigenvalue weighted by Gasteiger charge is 2.08. The molecule has 1 atom stereocenters. The Balaban J connectivity index is 2.60. The topological polar surface area (TPSA) is 42.7 Å². The van der Waals surface area contributed by atoms with Gasteiger partial charge in [0.05, 0.1) is 12.6 Å². The number of hydrogen-bond donors (Lipinski definition) is 1. The molecule has 0 fully saturated rings.